The lowest BCUT2D eigenvalue weighted by atomic mass is 9.97. The Morgan fingerprint density at radius 1 is 1.60 bits per heavy atom. The van der Waals surface area contributed by atoms with Gasteiger partial charge < -0.3 is 9.84 Å². The molecule has 0 spiro atoms. The van der Waals surface area contributed by atoms with Crippen LogP contribution >= 0.6 is 11.3 Å². The largest absolute Gasteiger partial charge is 0.393 e. The van der Waals surface area contributed by atoms with Gasteiger partial charge in [-0.15, -0.1) is 0 Å². The molecule has 0 bridgehead atoms. The SMILES string of the molecule is OC(CCc1ccsc1)CC1CCOC1. The van der Waals surface area contributed by atoms with Crippen LogP contribution in [-0.2, 0) is 11.2 Å². The van der Waals surface area contributed by atoms with Crippen LogP contribution < -0.4 is 0 Å². The highest BCUT2D eigenvalue weighted by molar-refractivity contribution is 7.07. The molecular weight excluding hydrogens is 208 g/mol. The van der Waals surface area contributed by atoms with E-state index in [2.05, 4.69) is 16.8 Å². The molecule has 1 aliphatic rings. The Kier molecular flexibility index (Phi) is 4.18. The van der Waals surface area contributed by atoms with Gasteiger partial charge in [0.15, 0.2) is 0 Å². The highest BCUT2D eigenvalue weighted by Crippen LogP contribution is 2.20. The molecule has 84 valence electrons. The van der Waals surface area contributed by atoms with E-state index < -0.39 is 0 Å². The molecule has 1 saturated heterocycles. The summed E-state index contributed by atoms with van der Waals surface area (Å²) in [6.45, 7) is 1.72. The van der Waals surface area contributed by atoms with E-state index in [9.17, 15) is 5.11 Å². The molecule has 0 saturated carbocycles. The normalized spacial score (nSPS) is 23.1. The second kappa shape index (κ2) is 5.64. The summed E-state index contributed by atoms with van der Waals surface area (Å²) in [6, 6.07) is 2.13. The molecule has 0 aromatic carbocycles. The first-order valence-corrected chi connectivity index (χ1v) is 6.56. The first-order chi connectivity index (χ1) is 7.34. The fraction of sp³-hybridized carbons (Fsp3) is 0.667. The topological polar surface area (TPSA) is 29.5 Å². The summed E-state index contributed by atoms with van der Waals surface area (Å²) in [5, 5.41) is 14.1. The minimum Gasteiger partial charge on any atom is -0.393 e. The lowest BCUT2D eigenvalue weighted by molar-refractivity contribution is 0.122. The lowest BCUT2D eigenvalue weighted by Crippen LogP contribution is -2.14. The number of aliphatic hydroxyl groups is 1. The second-order valence-electron chi connectivity index (χ2n) is 4.29. The van der Waals surface area contributed by atoms with Crippen LogP contribution in [0, 0.1) is 5.92 Å². The number of hydrogen-bond acceptors (Lipinski definition) is 3. The van der Waals surface area contributed by atoms with Gasteiger partial charge in [-0.2, -0.15) is 11.3 Å². The predicted molar refractivity (Wildman–Crippen MR) is 62.2 cm³/mol. The Balaban J connectivity index is 1.66. The summed E-state index contributed by atoms with van der Waals surface area (Å²) >= 11 is 1.72. The minimum absolute atomic E-state index is 0.156. The van der Waals surface area contributed by atoms with E-state index in [1.807, 2.05) is 0 Å². The summed E-state index contributed by atoms with van der Waals surface area (Å²) < 4.78 is 5.30. The number of thiophene rings is 1. The molecule has 1 aromatic rings. The van der Waals surface area contributed by atoms with Gasteiger partial charge in [-0.25, -0.2) is 0 Å². The van der Waals surface area contributed by atoms with Crippen molar-refractivity contribution in [2.24, 2.45) is 5.92 Å². The molecule has 2 heterocycles. The molecule has 0 aliphatic carbocycles. The van der Waals surface area contributed by atoms with E-state index in [-0.39, 0.29) is 6.10 Å². The van der Waals surface area contributed by atoms with Crippen molar-refractivity contribution in [3.63, 3.8) is 0 Å². The molecule has 2 atom stereocenters. The van der Waals surface area contributed by atoms with Crippen molar-refractivity contribution >= 4 is 11.3 Å². The zero-order chi connectivity index (χ0) is 10.5. The maximum absolute atomic E-state index is 9.86. The van der Waals surface area contributed by atoms with E-state index in [0.717, 1.165) is 38.9 Å². The van der Waals surface area contributed by atoms with E-state index in [1.54, 1.807) is 11.3 Å². The molecule has 3 heteroatoms. The third-order valence-corrected chi connectivity index (χ3v) is 3.71. The highest BCUT2D eigenvalue weighted by atomic mass is 32.1. The first kappa shape index (κ1) is 11.1. The Morgan fingerprint density at radius 3 is 3.20 bits per heavy atom. The zero-order valence-corrected chi connectivity index (χ0v) is 9.71. The number of hydrogen-bond donors (Lipinski definition) is 1. The Labute approximate surface area is 94.9 Å². The summed E-state index contributed by atoms with van der Waals surface area (Å²) in [6.07, 6.45) is 3.75. The van der Waals surface area contributed by atoms with Crippen LogP contribution in [-0.4, -0.2) is 24.4 Å². The second-order valence-corrected chi connectivity index (χ2v) is 5.07. The summed E-state index contributed by atoms with van der Waals surface area (Å²) in [5.41, 5.74) is 1.35. The molecule has 15 heavy (non-hydrogen) atoms. The van der Waals surface area contributed by atoms with Crippen LogP contribution in [0.3, 0.4) is 0 Å². The van der Waals surface area contributed by atoms with Crippen molar-refractivity contribution in [1.29, 1.82) is 0 Å². The van der Waals surface area contributed by atoms with Crippen LogP contribution in [0.15, 0.2) is 16.8 Å². The maximum Gasteiger partial charge on any atom is 0.0547 e. The molecule has 1 fully saturated rings. The summed E-state index contributed by atoms with van der Waals surface area (Å²) in [5.74, 6) is 0.586. The number of rotatable bonds is 5. The van der Waals surface area contributed by atoms with Gasteiger partial charge in [-0.05, 0) is 54.0 Å². The van der Waals surface area contributed by atoms with Gasteiger partial charge >= 0.3 is 0 Å². The molecular formula is C12H18O2S. The smallest absolute Gasteiger partial charge is 0.0547 e. The molecule has 1 aromatic heterocycles. The van der Waals surface area contributed by atoms with Crippen molar-refractivity contribution in [3.05, 3.63) is 22.4 Å². The fourth-order valence-corrected chi connectivity index (χ4v) is 2.74. The monoisotopic (exact) mass is 226 g/mol. The average Bonchev–Trinajstić information content (AvgIpc) is 2.86. The van der Waals surface area contributed by atoms with Crippen molar-refractivity contribution in [2.75, 3.05) is 13.2 Å². The van der Waals surface area contributed by atoms with Crippen molar-refractivity contribution < 1.29 is 9.84 Å². The predicted octanol–water partition coefficient (Wildman–Crippen LogP) is 2.47. The van der Waals surface area contributed by atoms with E-state index >= 15 is 0 Å². The van der Waals surface area contributed by atoms with E-state index in [4.69, 9.17) is 4.74 Å². The molecule has 0 radical (unpaired) electrons. The lowest BCUT2D eigenvalue weighted by Gasteiger charge is -2.13. The summed E-state index contributed by atoms with van der Waals surface area (Å²) in [7, 11) is 0. The first-order valence-electron chi connectivity index (χ1n) is 5.61. The van der Waals surface area contributed by atoms with Crippen LogP contribution in [0.25, 0.3) is 0 Å². The fourth-order valence-electron chi connectivity index (χ4n) is 2.04. The van der Waals surface area contributed by atoms with Gasteiger partial charge in [0.25, 0.3) is 0 Å². The number of aliphatic hydroxyl groups excluding tert-OH is 1. The van der Waals surface area contributed by atoms with Crippen molar-refractivity contribution in [1.82, 2.24) is 0 Å². The van der Waals surface area contributed by atoms with Gasteiger partial charge in [-0.3, -0.25) is 0 Å². The van der Waals surface area contributed by atoms with Crippen LogP contribution in [0.1, 0.15) is 24.8 Å². The summed E-state index contributed by atoms with van der Waals surface area (Å²) in [4.78, 5) is 0. The molecule has 2 rings (SSSR count). The van der Waals surface area contributed by atoms with Gasteiger partial charge in [0, 0.05) is 13.2 Å². The Morgan fingerprint density at radius 2 is 2.53 bits per heavy atom. The zero-order valence-electron chi connectivity index (χ0n) is 8.89. The minimum atomic E-state index is -0.156. The van der Waals surface area contributed by atoms with Gasteiger partial charge in [-0.1, -0.05) is 0 Å². The Bertz CT molecular complexity index is 265. The Hall–Kier alpha value is -0.380. The van der Waals surface area contributed by atoms with Crippen LogP contribution in [0.2, 0.25) is 0 Å². The number of ether oxygens (including phenoxy) is 1. The highest BCUT2D eigenvalue weighted by Gasteiger charge is 2.19. The molecule has 1 aliphatic heterocycles. The van der Waals surface area contributed by atoms with E-state index in [1.165, 1.54) is 5.56 Å². The van der Waals surface area contributed by atoms with Gasteiger partial charge in [0.1, 0.15) is 0 Å². The molecule has 0 amide bonds. The average molecular weight is 226 g/mol. The third kappa shape index (κ3) is 3.59. The third-order valence-electron chi connectivity index (χ3n) is 2.98. The molecule has 2 unspecified atom stereocenters. The molecule has 2 nitrogen and oxygen atoms in total. The van der Waals surface area contributed by atoms with Crippen LogP contribution in [0.4, 0.5) is 0 Å². The van der Waals surface area contributed by atoms with Crippen LogP contribution in [0.5, 0.6) is 0 Å². The molecule has 1 N–H and O–H groups in total. The standard InChI is InChI=1S/C12H18O2S/c13-12(7-11-3-5-14-8-11)2-1-10-4-6-15-9-10/h4,6,9,11-13H,1-3,5,7-8H2. The van der Waals surface area contributed by atoms with E-state index in [0.29, 0.717) is 5.92 Å². The quantitative estimate of drug-likeness (QED) is 0.835. The van der Waals surface area contributed by atoms with Gasteiger partial charge in [0.2, 0.25) is 0 Å². The number of aryl methyl sites for hydroxylation is 1. The van der Waals surface area contributed by atoms with Crippen molar-refractivity contribution in [2.45, 2.75) is 31.8 Å². The van der Waals surface area contributed by atoms with Crippen molar-refractivity contribution in [3.8, 4) is 0 Å². The van der Waals surface area contributed by atoms with Gasteiger partial charge in [0.05, 0.1) is 6.10 Å². The maximum atomic E-state index is 9.86.